The maximum Gasteiger partial charge on any atom is 0.407 e. The van der Waals surface area contributed by atoms with Crippen LogP contribution in [0.4, 0.5) is 4.79 Å². The van der Waals surface area contributed by atoms with Crippen LogP contribution >= 0.6 is 0 Å². The lowest BCUT2D eigenvalue weighted by Gasteiger charge is -2.13. The first-order chi connectivity index (χ1) is 13.6. The van der Waals surface area contributed by atoms with E-state index in [1.165, 1.54) is 0 Å². The lowest BCUT2D eigenvalue weighted by atomic mass is 10.1. The minimum Gasteiger partial charge on any atom is -0.450 e. The van der Waals surface area contributed by atoms with Gasteiger partial charge in [0.05, 0.1) is 13.0 Å². The van der Waals surface area contributed by atoms with Gasteiger partial charge in [0.2, 0.25) is 17.7 Å². The summed E-state index contributed by atoms with van der Waals surface area (Å²) in [4.78, 5) is 23.3. The van der Waals surface area contributed by atoms with Crippen LogP contribution in [0.2, 0.25) is 0 Å². The average Bonchev–Trinajstić information content (AvgIpc) is 3.15. The Morgan fingerprint density at radius 2 is 1.93 bits per heavy atom. The van der Waals surface area contributed by atoms with Gasteiger partial charge in [0.1, 0.15) is 6.04 Å². The van der Waals surface area contributed by atoms with E-state index in [0.29, 0.717) is 18.9 Å². The number of benzene rings is 1. The number of alkyl carbamates (subject to hydrolysis) is 1. The first kappa shape index (κ1) is 21.4. The summed E-state index contributed by atoms with van der Waals surface area (Å²) in [5.74, 6) is -0.00914. The van der Waals surface area contributed by atoms with E-state index in [9.17, 15) is 9.59 Å². The van der Waals surface area contributed by atoms with Crippen molar-refractivity contribution in [1.29, 1.82) is 0 Å². The van der Waals surface area contributed by atoms with Crippen molar-refractivity contribution in [2.75, 3.05) is 6.61 Å². The number of primary amides is 1. The molecule has 28 heavy (non-hydrogen) atoms. The van der Waals surface area contributed by atoms with E-state index in [1.807, 2.05) is 30.3 Å². The summed E-state index contributed by atoms with van der Waals surface area (Å²) in [6.07, 6.45) is 4.53. The molecule has 2 amide bonds. The zero-order chi connectivity index (χ0) is 20.2. The third kappa shape index (κ3) is 7.77. The fourth-order valence-corrected chi connectivity index (χ4v) is 2.68. The minimum absolute atomic E-state index is 0.143. The third-order valence-corrected chi connectivity index (χ3v) is 4.18. The van der Waals surface area contributed by atoms with Crippen molar-refractivity contribution in [3.8, 4) is 0 Å². The van der Waals surface area contributed by atoms with Gasteiger partial charge in [-0.15, -0.1) is 10.2 Å². The summed E-state index contributed by atoms with van der Waals surface area (Å²) in [7, 11) is 0. The molecule has 2 rings (SSSR count). The summed E-state index contributed by atoms with van der Waals surface area (Å²) in [5, 5.41) is 10.5. The largest absolute Gasteiger partial charge is 0.450 e. The Balaban J connectivity index is 1.88. The predicted molar refractivity (Wildman–Crippen MR) is 103 cm³/mol. The highest BCUT2D eigenvalue weighted by molar-refractivity contribution is 5.76. The molecule has 8 nitrogen and oxygen atoms in total. The van der Waals surface area contributed by atoms with Crippen LogP contribution in [0.1, 0.15) is 62.4 Å². The number of nitrogens with two attached hydrogens (primary N) is 1. The highest BCUT2D eigenvalue weighted by atomic mass is 16.5. The normalized spacial score (nSPS) is 11.8. The Hall–Kier alpha value is -2.90. The van der Waals surface area contributed by atoms with E-state index in [4.69, 9.17) is 14.9 Å². The van der Waals surface area contributed by atoms with Crippen LogP contribution < -0.4 is 11.1 Å². The van der Waals surface area contributed by atoms with Crippen LogP contribution in [0.3, 0.4) is 0 Å². The molecular formula is C20H28N4O4. The molecule has 8 heteroatoms. The number of hydrogen-bond donors (Lipinski definition) is 2. The molecule has 2 aromatic rings. The van der Waals surface area contributed by atoms with Crippen LogP contribution in [0, 0.1) is 0 Å². The molecule has 0 aliphatic heterocycles. The number of carbonyl (C=O) groups excluding carboxylic acids is 2. The number of hydrogen-bond acceptors (Lipinski definition) is 6. The quantitative estimate of drug-likeness (QED) is 0.539. The first-order valence-electron chi connectivity index (χ1n) is 9.66. The van der Waals surface area contributed by atoms with Crippen molar-refractivity contribution in [2.24, 2.45) is 5.73 Å². The van der Waals surface area contributed by atoms with Crippen molar-refractivity contribution >= 4 is 12.0 Å². The lowest BCUT2D eigenvalue weighted by Crippen LogP contribution is -2.32. The molecule has 152 valence electrons. The van der Waals surface area contributed by atoms with Gasteiger partial charge in [0.15, 0.2) is 0 Å². The van der Waals surface area contributed by atoms with E-state index in [1.54, 1.807) is 0 Å². The highest BCUT2D eigenvalue weighted by Crippen LogP contribution is 2.17. The van der Waals surface area contributed by atoms with Crippen LogP contribution in [-0.2, 0) is 22.4 Å². The number of carbonyl (C=O) groups is 2. The molecular weight excluding hydrogens is 360 g/mol. The maximum atomic E-state index is 12.0. The topological polar surface area (TPSA) is 120 Å². The number of aromatic nitrogens is 2. The van der Waals surface area contributed by atoms with E-state index in [2.05, 4.69) is 22.4 Å². The molecule has 0 bridgehead atoms. The van der Waals surface area contributed by atoms with Gasteiger partial charge < -0.3 is 20.2 Å². The molecule has 0 aliphatic carbocycles. The predicted octanol–water partition coefficient (Wildman–Crippen LogP) is 3.08. The number of aryl methyl sites for hydroxylation is 2. The highest BCUT2D eigenvalue weighted by Gasteiger charge is 2.23. The fourth-order valence-electron chi connectivity index (χ4n) is 2.68. The smallest absolute Gasteiger partial charge is 0.407 e. The summed E-state index contributed by atoms with van der Waals surface area (Å²) in [6, 6.07) is 9.12. The minimum atomic E-state index is -0.807. The van der Waals surface area contributed by atoms with Gasteiger partial charge in [-0.1, -0.05) is 56.5 Å². The van der Waals surface area contributed by atoms with Gasteiger partial charge >= 0.3 is 6.09 Å². The zero-order valence-corrected chi connectivity index (χ0v) is 16.2. The monoisotopic (exact) mass is 388 g/mol. The second-order valence-electron chi connectivity index (χ2n) is 6.58. The van der Waals surface area contributed by atoms with Crippen LogP contribution in [-0.4, -0.2) is 28.8 Å². The lowest BCUT2D eigenvalue weighted by molar-refractivity contribution is -0.118. The number of nitrogens with one attached hydrogen (secondary N) is 1. The Kier molecular flexibility index (Phi) is 8.97. The van der Waals surface area contributed by atoms with Crippen molar-refractivity contribution in [1.82, 2.24) is 15.5 Å². The van der Waals surface area contributed by atoms with E-state index < -0.39 is 18.0 Å². The molecule has 1 atom stereocenters. The van der Waals surface area contributed by atoms with Gasteiger partial charge in [0.25, 0.3) is 0 Å². The van der Waals surface area contributed by atoms with Gasteiger partial charge in [-0.3, -0.25) is 4.79 Å². The summed E-state index contributed by atoms with van der Waals surface area (Å²) in [6.45, 7) is 2.43. The van der Waals surface area contributed by atoms with Crippen LogP contribution in [0.25, 0.3) is 0 Å². The van der Waals surface area contributed by atoms with E-state index in [0.717, 1.165) is 37.7 Å². The molecule has 0 saturated heterocycles. The molecule has 0 spiro atoms. The van der Waals surface area contributed by atoms with Gasteiger partial charge in [-0.2, -0.15) is 0 Å². The SMILES string of the molecule is CCCCCCOC(=O)N[C@H](CC(N)=O)c1nnc(CCc2ccccc2)o1. The Morgan fingerprint density at radius 3 is 2.64 bits per heavy atom. The molecule has 0 fully saturated rings. The molecule has 0 saturated carbocycles. The number of unbranched alkanes of at least 4 members (excludes halogenated alkanes) is 3. The number of rotatable bonds is 12. The second kappa shape index (κ2) is 11.7. The van der Waals surface area contributed by atoms with Crippen molar-refractivity contribution in [3.05, 3.63) is 47.7 Å². The number of nitrogens with zero attached hydrogens (tertiary/aromatic N) is 2. The van der Waals surface area contributed by atoms with Gasteiger partial charge in [0, 0.05) is 6.42 Å². The standard InChI is InChI=1S/C20H28N4O4/c1-2-3-4-8-13-27-20(26)22-16(14-17(21)25)19-24-23-18(28-19)12-11-15-9-6-5-7-10-15/h5-7,9-10,16H,2-4,8,11-14H2,1H3,(H2,21,25)(H,22,26)/t16-/m1/s1. The van der Waals surface area contributed by atoms with Crippen LogP contribution in [0.5, 0.6) is 0 Å². The third-order valence-electron chi connectivity index (χ3n) is 4.18. The molecule has 1 heterocycles. The molecule has 0 radical (unpaired) electrons. The van der Waals surface area contributed by atoms with Gasteiger partial charge in [-0.25, -0.2) is 4.79 Å². The molecule has 0 aliphatic rings. The Morgan fingerprint density at radius 1 is 1.14 bits per heavy atom. The second-order valence-corrected chi connectivity index (χ2v) is 6.58. The van der Waals surface area contributed by atoms with Crippen molar-refractivity contribution in [2.45, 2.75) is 57.9 Å². The first-order valence-corrected chi connectivity index (χ1v) is 9.66. The molecule has 1 aromatic heterocycles. The van der Waals surface area contributed by atoms with Crippen molar-refractivity contribution < 1.29 is 18.7 Å². The van der Waals surface area contributed by atoms with E-state index >= 15 is 0 Å². The van der Waals surface area contributed by atoms with Crippen molar-refractivity contribution in [3.63, 3.8) is 0 Å². The van der Waals surface area contributed by atoms with E-state index in [-0.39, 0.29) is 12.3 Å². The summed E-state index contributed by atoms with van der Waals surface area (Å²) < 4.78 is 10.8. The summed E-state index contributed by atoms with van der Waals surface area (Å²) in [5.41, 5.74) is 6.44. The Bertz CT molecular complexity index is 733. The Labute approximate surface area is 164 Å². The molecule has 3 N–H and O–H groups in total. The number of amides is 2. The van der Waals surface area contributed by atoms with Crippen LogP contribution in [0.15, 0.2) is 34.7 Å². The zero-order valence-electron chi connectivity index (χ0n) is 16.2. The molecule has 1 aromatic carbocycles. The average molecular weight is 388 g/mol. The fraction of sp³-hybridized carbons (Fsp3) is 0.500. The molecule has 0 unspecified atom stereocenters. The van der Waals surface area contributed by atoms with Gasteiger partial charge in [-0.05, 0) is 18.4 Å². The number of ether oxygens (including phenoxy) is 1. The maximum absolute atomic E-state index is 12.0. The summed E-state index contributed by atoms with van der Waals surface area (Å²) >= 11 is 0.